The van der Waals surface area contributed by atoms with Crippen molar-refractivity contribution < 1.29 is 18.9 Å². The molecule has 1 aromatic carbocycles. The summed E-state index contributed by atoms with van der Waals surface area (Å²) in [7, 11) is -0.698. The maximum absolute atomic E-state index is 11.3. The van der Waals surface area contributed by atoms with E-state index in [0.29, 0.717) is 11.5 Å². The number of benzene rings is 1. The fourth-order valence-corrected chi connectivity index (χ4v) is 2.99. The lowest BCUT2D eigenvalue weighted by Gasteiger charge is -2.28. The van der Waals surface area contributed by atoms with Crippen molar-refractivity contribution in [3.05, 3.63) is 35.9 Å². The molecule has 0 amide bonds. The summed E-state index contributed by atoms with van der Waals surface area (Å²) in [6.07, 6.45) is 2.52. The third-order valence-corrected chi connectivity index (χ3v) is 4.35. The van der Waals surface area contributed by atoms with Crippen LogP contribution in [0.3, 0.4) is 0 Å². The Hall–Kier alpha value is -1.95. The Bertz CT molecular complexity index is 555. The Morgan fingerprint density at radius 2 is 1.75 bits per heavy atom. The number of carboxylic acids is 1. The molecule has 1 fully saturated rings. The van der Waals surface area contributed by atoms with Crippen LogP contribution in [0.25, 0.3) is 6.08 Å². The highest BCUT2D eigenvalue weighted by Crippen LogP contribution is 2.17. The first-order chi connectivity index (χ1) is 9.56. The smallest absolute Gasteiger partial charge is 0.376 e. The number of rotatable bonds is 4. The highest BCUT2D eigenvalue weighted by molar-refractivity contribution is 7.85. The fraction of sp³-hybridized carbons (Fsp3) is 0.286. The van der Waals surface area contributed by atoms with E-state index in [1.165, 1.54) is 6.08 Å². The number of ketones is 1. The van der Waals surface area contributed by atoms with Crippen LogP contribution in [0.5, 0.6) is 0 Å². The number of hydrogen-bond acceptors (Lipinski definition) is 4. The Morgan fingerprint density at radius 1 is 1.15 bits per heavy atom. The van der Waals surface area contributed by atoms with E-state index in [1.54, 1.807) is 0 Å². The number of carbonyl (C=O) groups is 2. The van der Waals surface area contributed by atoms with Crippen LogP contribution in [0.1, 0.15) is 5.56 Å². The van der Waals surface area contributed by atoms with Crippen molar-refractivity contribution in [3.8, 4) is 0 Å². The van der Waals surface area contributed by atoms with E-state index in [9.17, 15) is 13.8 Å². The van der Waals surface area contributed by atoms with Crippen LogP contribution in [-0.2, 0) is 20.4 Å². The third-order valence-electron chi connectivity index (χ3n) is 3.07. The molecular formula is C14H15NO4S. The summed E-state index contributed by atoms with van der Waals surface area (Å²) in [4.78, 5) is 23.5. The van der Waals surface area contributed by atoms with Gasteiger partial charge in [-0.3, -0.25) is 9.00 Å². The second-order valence-electron chi connectivity index (χ2n) is 4.43. The van der Waals surface area contributed by atoms with E-state index < -0.39 is 22.6 Å². The topological polar surface area (TPSA) is 74.7 Å². The van der Waals surface area contributed by atoms with Crippen molar-refractivity contribution in [2.24, 2.45) is 0 Å². The van der Waals surface area contributed by atoms with Crippen LogP contribution in [-0.4, -0.2) is 45.7 Å². The average molecular weight is 293 g/mol. The minimum atomic E-state index is -1.46. The number of anilines is 1. The molecule has 0 spiro atoms. The number of hydrogen-bond donors (Lipinski definition) is 1. The maximum atomic E-state index is 11.3. The summed E-state index contributed by atoms with van der Waals surface area (Å²) in [5, 5.41) is 8.46. The van der Waals surface area contributed by atoms with Crippen molar-refractivity contribution in [1.82, 2.24) is 0 Å². The van der Waals surface area contributed by atoms with Gasteiger partial charge < -0.3 is 10.0 Å². The van der Waals surface area contributed by atoms with E-state index in [-0.39, 0.29) is 0 Å². The van der Waals surface area contributed by atoms with Crippen molar-refractivity contribution in [1.29, 1.82) is 0 Å². The average Bonchev–Trinajstić information content (AvgIpc) is 2.46. The molecule has 0 unspecified atom stereocenters. The van der Waals surface area contributed by atoms with Crippen molar-refractivity contribution in [2.45, 2.75) is 0 Å². The molecule has 2 rings (SSSR count). The van der Waals surface area contributed by atoms with Gasteiger partial charge in [-0.15, -0.1) is 0 Å². The number of carboxylic acid groups (broad SMARTS) is 1. The summed E-state index contributed by atoms with van der Waals surface area (Å²) in [5.41, 5.74) is 1.81. The molecule has 1 aliphatic rings. The van der Waals surface area contributed by atoms with Gasteiger partial charge in [-0.2, -0.15) is 0 Å². The van der Waals surface area contributed by atoms with Crippen LogP contribution < -0.4 is 4.90 Å². The fourth-order valence-electron chi connectivity index (χ4n) is 1.94. The largest absolute Gasteiger partial charge is 0.475 e. The highest BCUT2D eigenvalue weighted by atomic mass is 32.2. The molecule has 0 aliphatic carbocycles. The lowest BCUT2D eigenvalue weighted by Crippen LogP contribution is -2.37. The molecule has 1 heterocycles. The Balaban J connectivity index is 2.01. The minimum absolute atomic E-state index is 0.689. The van der Waals surface area contributed by atoms with E-state index >= 15 is 0 Å². The molecule has 106 valence electrons. The van der Waals surface area contributed by atoms with E-state index in [0.717, 1.165) is 30.4 Å². The van der Waals surface area contributed by atoms with Crippen LogP contribution >= 0.6 is 0 Å². The number of carbonyl (C=O) groups excluding carboxylic acids is 1. The molecule has 1 aliphatic heterocycles. The standard InChI is InChI=1S/C14H15NO4S/c16-13(14(17)18)6-3-11-1-4-12(5-2-11)15-7-9-20(19)10-8-15/h1-6H,7-10H2,(H,17,18)/b6-3+. The molecular weight excluding hydrogens is 278 g/mol. The van der Waals surface area contributed by atoms with Gasteiger partial charge in [0.05, 0.1) is 0 Å². The number of nitrogens with zero attached hydrogens (tertiary/aromatic N) is 1. The third kappa shape index (κ3) is 3.77. The van der Waals surface area contributed by atoms with Gasteiger partial charge >= 0.3 is 5.97 Å². The van der Waals surface area contributed by atoms with Crippen LogP contribution in [0.2, 0.25) is 0 Å². The van der Waals surface area contributed by atoms with Gasteiger partial charge in [-0.25, -0.2) is 4.79 Å². The van der Waals surface area contributed by atoms with E-state index in [2.05, 4.69) is 4.90 Å². The lowest BCUT2D eigenvalue weighted by molar-refractivity contribution is -0.146. The van der Waals surface area contributed by atoms with Crippen LogP contribution in [0.4, 0.5) is 5.69 Å². The monoisotopic (exact) mass is 293 g/mol. The summed E-state index contributed by atoms with van der Waals surface area (Å²) < 4.78 is 11.3. The van der Waals surface area contributed by atoms with Gasteiger partial charge in [0.1, 0.15) is 0 Å². The SMILES string of the molecule is O=C(O)C(=O)/C=C/c1ccc(N2CCS(=O)CC2)cc1. The van der Waals surface area contributed by atoms with Gasteiger partial charge in [0.2, 0.25) is 0 Å². The normalized spacial score (nSPS) is 16.5. The molecule has 1 saturated heterocycles. The van der Waals surface area contributed by atoms with Gasteiger partial charge in [0, 0.05) is 41.1 Å². The van der Waals surface area contributed by atoms with E-state index in [4.69, 9.17) is 5.11 Å². The maximum Gasteiger partial charge on any atom is 0.376 e. The molecule has 1 aromatic rings. The summed E-state index contributed by atoms with van der Waals surface area (Å²) in [6, 6.07) is 7.48. The molecule has 5 nitrogen and oxygen atoms in total. The zero-order valence-corrected chi connectivity index (χ0v) is 11.6. The quantitative estimate of drug-likeness (QED) is 0.660. The molecule has 20 heavy (non-hydrogen) atoms. The summed E-state index contributed by atoms with van der Waals surface area (Å²) in [6.45, 7) is 1.55. The Morgan fingerprint density at radius 3 is 2.30 bits per heavy atom. The van der Waals surface area contributed by atoms with Crippen molar-refractivity contribution in [3.63, 3.8) is 0 Å². The zero-order chi connectivity index (χ0) is 14.5. The first kappa shape index (κ1) is 14.5. The lowest BCUT2D eigenvalue weighted by atomic mass is 10.1. The number of aliphatic carboxylic acids is 1. The van der Waals surface area contributed by atoms with Crippen LogP contribution in [0.15, 0.2) is 30.3 Å². The molecule has 0 saturated carbocycles. The Labute approximate surface area is 119 Å². The van der Waals surface area contributed by atoms with Gasteiger partial charge in [-0.1, -0.05) is 18.2 Å². The van der Waals surface area contributed by atoms with Gasteiger partial charge in [0.25, 0.3) is 5.78 Å². The van der Waals surface area contributed by atoms with Gasteiger partial charge in [-0.05, 0) is 23.8 Å². The summed E-state index contributed by atoms with van der Waals surface area (Å²) in [5.74, 6) is -1.02. The van der Waals surface area contributed by atoms with Gasteiger partial charge in [0.15, 0.2) is 0 Å². The van der Waals surface area contributed by atoms with Crippen molar-refractivity contribution >= 4 is 34.3 Å². The first-order valence-electron chi connectivity index (χ1n) is 6.21. The van der Waals surface area contributed by atoms with Crippen molar-refractivity contribution in [2.75, 3.05) is 29.5 Å². The second-order valence-corrected chi connectivity index (χ2v) is 6.13. The highest BCUT2D eigenvalue weighted by Gasteiger charge is 2.15. The molecule has 0 radical (unpaired) electrons. The molecule has 0 bridgehead atoms. The summed E-state index contributed by atoms with van der Waals surface area (Å²) >= 11 is 0. The molecule has 1 N–H and O–H groups in total. The predicted octanol–water partition coefficient (Wildman–Crippen LogP) is 0.922. The minimum Gasteiger partial charge on any atom is -0.475 e. The Kier molecular flexibility index (Phi) is 4.68. The first-order valence-corrected chi connectivity index (χ1v) is 7.70. The predicted molar refractivity (Wildman–Crippen MR) is 78.2 cm³/mol. The molecule has 6 heteroatoms. The van der Waals surface area contributed by atoms with E-state index in [1.807, 2.05) is 24.3 Å². The zero-order valence-electron chi connectivity index (χ0n) is 10.8. The molecule has 0 atom stereocenters. The molecule has 0 aromatic heterocycles. The second kappa shape index (κ2) is 6.47. The van der Waals surface area contributed by atoms with Crippen LogP contribution in [0, 0.1) is 0 Å².